The molecule has 21 heavy (non-hydrogen) atoms. The third kappa shape index (κ3) is 3.66. The number of nitrogens with two attached hydrogens (primary N) is 1. The summed E-state index contributed by atoms with van der Waals surface area (Å²) in [4.78, 5) is 11.4. The van der Waals surface area contributed by atoms with Gasteiger partial charge in [0.1, 0.15) is 5.75 Å². The molecule has 0 radical (unpaired) electrons. The summed E-state index contributed by atoms with van der Waals surface area (Å²) >= 11 is 1.53. The molecule has 0 aliphatic carbocycles. The van der Waals surface area contributed by atoms with Crippen molar-refractivity contribution in [3.63, 3.8) is 0 Å². The van der Waals surface area contributed by atoms with Crippen LogP contribution in [0.5, 0.6) is 5.75 Å². The van der Waals surface area contributed by atoms with E-state index in [0.29, 0.717) is 17.2 Å². The van der Waals surface area contributed by atoms with Crippen molar-refractivity contribution in [2.24, 2.45) is 0 Å². The Labute approximate surface area is 127 Å². The maximum absolute atomic E-state index is 10.9. The van der Waals surface area contributed by atoms with E-state index in [4.69, 9.17) is 10.5 Å². The average molecular weight is 304 g/mol. The van der Waals surface area contributed by atoms with Crippen molar-refractivity contribution < 1.29 is 9.66 Å². The lowest BCUT2D eigenvalue weighted by Crippen LogP contribution is -1.95. The van der Waals surface area contributed by atoms with E-state index in [0.717, 1.165) is 16.0 Å². The summed E-state index contributed by atoms with van der Waals surface area (Å²) in [7, 11) is 1.55. The van der Waals surface area contributed by atoms with Crippen LogP contribution >= 0.6 is 11.8 Å². The summed E-state index contributed by atoms with van der Waals surface area (Å²) in [5.74, 6) is 1.19. The number of anilines is 1. The van der Waals surface area contributed by atoms with E-state index in [1.165, 1.54) is 23.9 Å². The van der Waals surface area contributed by atoms with Gasteiger partial charge in [-0.15, -0.1) is 11.8 Å². The fourth-order valence-electron chi connectivity index (χ4n) is 1.95. The third-order valence-electron chi connectivity index (χ3n) is 3.02. The number of benzene rings is 2. The molecule has 0 atom stereocenters. The third-order valence-corrected chi connectivity index (χ3v) is 4.16. The molecule has 0 saturated heterocycles. The van der Waals surface area contributed by atoms with Crippen LogP contribution in [0.15, 0.2) is 41.3 Å². The molecule has 0 aliphatic rings. The lowest BCUT2D eigenvalue weighted by molar-refractivity contribution is -0.384. The van der Waals surface area contributed by atoms with Gasteiger partial charge in [0.05, 0.1) is 12.0 Å². The van der Waals surface area contributed by atoms with E-state index in [9.17, 15) is 10.1 Å². The van der Waals surface area contributed by atoms with Crippen molar-refractivity contribution in [2.45, 2.75) is 17.6 Å². The number of rotatable bonds is 5. The maximum Gasteiger partial charge on any atom is 0.270 e. The normalized spacial score (nSPS) is 10.4. The Kier molecular flexibility index (Phi) is 4.70. The number of nitrogens with zero attached hydrogens (tertiary/aromatic N) is 1. The minimum absolute atomic E-state index is 0.0586. The van der Waals surface area contributed by atoms with Gasteiger partial charge in [0.25, 0.3) is 5.69 Å². The van der Waals surface area contributed by atoms with Gasteiger partial charge < -0.3 is 10.5 Å². The molecule has 0 heterocycles. The van der Waals surface area contributed by atoms with Gasteiger partial charge in [-0.1, -0.05) is 6.07 Å². The SMILES string of the molecule is COc1ccc([N+](=O)[O-])cc1CSc1ccc(C)cc1N. The van der Waals surface area contributed by atoms with Gasteiger partial charge >= 0.3 is 0 Å². The highest BCUT2D eigenvalue weighted by Crippen LogP contribution is 2.33. The minimum Gasteiger partial charge on any atom is -0.496 e. The molecule has 0 unspecified atom stereocenters. The fourth-order valence-corrected chi connectivity index (χ4v) is 2.87. The van der Waals surface area contributed by atoms with Crippen LogP contribution < -0.4 is 10.5 Å². The summed E-state index contributed by atoms with van der Waals surface area (Å²) in [5, 5.41) is 10.9. The number of methoxy groups -OCH3 is 1. The summed E-state index contributed by atoms with van der Waals surface area (Å²) in [6, 6.07) is 10.4. The summed E-state index contributed by atoms with van der Waals surface area (Å²) in [6.45, 7) is 1.98. The molecule has 110 valence electrons. The zero-order chi connectivity index (χ0) is 15.4. The zero-order valence-corrected chi connectivity index (χ0v) is 12.6. The lowest BCUT2D eigenvalue weighted by Gasteiger charge is -2.10. The molecule has 6 heteroatoms. The number of hydrogen-bond donors (Lipinski definition) is 1. The van der Waals surface area contributed by atoms with Crippen molar-refractivity contribution >= 4 is 23.1 Å². The summed E-state index contributed by atoms with van der Waals surface area (Å²) in [5.41, 5.74) is 8.62. The summed E-state index contributed by atoms with van der Waals surface area (Å²) in [6.07, 6.45) is 0. The smallest absolute Gasteiger partial charge is 0.270 e. The molecule has 2 N–H and O–H groups in total. The number of nitro benzene ring substituents is 1. The largest absolute Gasteiger partial charge is 0.496 e. The van der Waals surface area contributed by atoms with E-state index in [1.54, 1.807) is 13.2 Å². The van der Waals surface area contributed by atoms with Crippen LogP contribution in [-0.2, 0) is 5.75 Å². The van der Waals surface area contributed by atoms with Crippen molar-refractivity contribution in [3.05, 3.63) is 57.6 Å². The van der Waals surface area contributed by atoms with Gasteiger partial charge in [-0.2, -0.15) is 0 Å². The van der Waals surface area contributed by atoms with Gasteiger partial charge in [-0.3, -0.25) is 10.1 Å². The number of hydrogen-bond acceptors (Lipinski definition) is 5. The molecule has 5 nitrogen and oxygen atoms in total. The predicted molar refractivity (Wildman–Crippen MR) is 84.8 cm³/mol. The van der Waals surface area contributed by atoms with E-state index >= 15 is 0 Å². The first kappa shape index (κ1) is 15.2. The fraction of sp³-hybridized carbons (Fsp3) is 0.200. The predicted octanol–water partition coefficient (Wildman–Crippen LogP) is 3.79. The van der Waals surface area contributed by atoms with Crippen LogP contribution in [0.25, 0.3) is 0 Å². The van der Waals surface area contributed by atoms with Gasteiger partial charge in [-0.05, 0) is 30.7 Å². The number of ether oxygens (including phenoxy) is 1. The molecule has 0 saturated carbocycles. The van der Waals surface area contributed by atoms with Crippen LogP contribution in [-0.4, -0.2) is 12.0 Å². The quantitative estimate of drug-likeness (QED) is 0.393. The minimum atomic E-state index is -0.409. The Balaban J connectivity index is 2.22. The highest BCUT2D eigenvalue weighted by Gasteiger charge is 2.12. The molecule has 0 spiro atoms. The second kappa shape index (κ2) is 6.49. The van der Waals surface area contributed by atoms with Gasteiger partial charge in [0.2, 0.25) is 0 Å². The van der Waals surface area contributed by atoms with Crippen molar-refractivity contribution in [2.75, 3.05) is 12.8 Å². The second-order valence-electron chi connectivity index (χ2n) is 4.58. The van der Waals surface area contributed by atoms with Crippen LogP contribution in [0, 0.1) is 17.0 Å². The number of nitrogen functional groups attached to an aromatic ring is 1. The van der Waals surface area contributed by atoms with Crippen molar-refractivity contribution in [3.8, 4) is 5.75 Å². The van der Waals surface area contributed by atoms with E-state index in [-0.39, 0.29) is 5.69 Å². The Morgan fingerprint density at radius 2 is 2.05 bits per heavy atom. The van der Waals surface area contributed by atoms with E-state index < -0.39 is 4.92 Å². The monoisotopic (exact) mass is 304 g/mol. The van der Waals surface area contributed by atoms with Crippen LogP contribution in [0.1, 0.15) is 11.1 Å². The number of thioether (sulfide) groups is 1. The highest BCUT2D eigenvalue weighted by atomic mass is 32.2. The van der Waals surface area contributed by atoms with Gasteiger partial charge in [0, 0.05) is 34.0 Å². The Morgan fingerprint density at radius 3 is 2.67 bits per heavy atom. The highest BCUT2D eigenvalue weighted by molar-refractivity contribution is 7.98. The molecule has 0 fully saturated rings. The van der Waals surface area contributed by atoms with E-state index in [2.05, 4.69) is 0 Å². The van der Waals surface area contributed by atoms with Crippen LogP contribution in [0.4, 0.5) is 11.4 Å². The van der Waals surface area contributed by atoms with Crippen molar-refractivity contribution in [1.82, 2.24) is 0 Å². The molecule has 2 aromatic carbocycles. The molecular formula is C15H16N2O3S. The standard InChI is InChI=1S/C15H16N2O3S/c1-10-3-6-15(13(16)7-10)21-9-11-8-12(17(18)19)4-5-14(11)20-2/h3-8H,9,16H2,1-2H3. The Bertz CT molecular complexity index is 674. The van der Waals surface area contributed by atoms with Gasteiger partial charge in [0.15, 0.2) is 0 Å². The average Bonchev–Trinajstić information content (AvgIpc) is 2.46. The molecule has 2 aromatic rings. The molecule has 0 aliphatic heterocycles. The first-order valence-corrected chi connectivity index (χ1v) is 7.30. The van der Waals surface area contributed by atoms with Crippen LogP contribution in [0.2, 0.25) is 0 Å². The zero-order valence-electron chi connectivity index (χ0n) is 11.8. The summed E-state index contributed by atoms with van der Waals surface area (Å²) < 4.78 is 5.25. The maximum atomic E-state index is 10.9. The topological polar surface area (TPSA) is 78.4 Å². The Morgan fingerprint density at radius 1 is 1.29 bits per heavy atom. The number of nitro groups is 1. The second-order valence-corrected chi connectivity index (χ2v) is 5.60. The van der Waals surface area contributed by atoms with Crippen LogP contribution in [0.3, 0.4) is 0 Å². The molecule has 2 rings (SSSR count). The first-order valence-electron chi connectivity index (χ1n) is 6.31. The molecular weight excluding hydrogens is 288 g/mol. The van der Waals surface area contributed by atoms with Crippen molar-refractivity contribution in [1.29, 1.82) is 0 Å². The molecule has 0 amide bonds. The Hall–Kier alpha value is -2.21. The number of aryl methyl sites for hydroxylation is 1. The number of non-ortho nitro benzene ring substituents is 1. The molecule has 0 bridgehead atoms. The van der Waals surface area contributed by atoms with E-state index in [1.807, 2.05) is 25.1 Å². The lowest BCUT2D eigenvalue weighted by atomic mass is 10.2. The van der Waals surface area contributed by atoms with Gasteiger partial charge in [-0.25, -0.2) is 0 Å². The molecule has 0 aromatic heterocycles. The first-order chi connectivity index (χ1) is 10.0.